The van der Waals surface area contributed by atoms with Gasteiger partial charge in [0.05, 0.1) is 28.5 Å². The van der Waals surface area contributed by atoms with E-state index in [1.165, 1.54) is 18.3 Å². The summed E-state index contributed by atoms with van der Waals surface area (Å²) in [7, 11) is 0. The predicted molar refractivity (Wildman–Crippen MR) is 132 cm³/mol. The Balaban J connectivity index is 1.77. The summed E-state index contributed by atoms with van der Waals surface area (Å²) in [4.78, 5) is 33.0. The van der Waals surface area contributed by atoms with Gasteiger partial charge in [-0.1, -0.05) is 17.7 Å². The van der Waals surface area contributed by atoms with Crippen molar-refractivity contribution >= 4 is 40.0 Å². The molecule has 35 heavy (non-hydrogen) atoms. The summed E-state index contributed by atoms with van der Waals surface area (Å²) in [6, 6.07) is 7.24. The van der Waals surface area contributed by atoms with E-state index in [2.05, 4.69) is 4.98 Å². The van der Waals surface area contributed by atoms with Gasteiger partial charge in [-0.25, -0.2) is 22.5 Å². The molecule has 0 amide bonds. The van der Waals surface area contributed by atoms with Gasteiger partial charge in [0.15, 0.2) is 0 Å². The molecule has 1 saturated carbocycles. The highest BCUT2D eigenvalue weighted by Crippen LogP contribution is 2.57. The van der Waals surface area contributed by atoms with E-state index in [1.54, 1.807) is 17.2 Å². The van der Waals surface area contributed by atoms with Crippen LogP contribution in [0, 0.1) is 26.1 Å². The molecule has 0 atom stereocenters. The Kier molecular flexibility index (Phi) is 5.71. The standard InChI is InChI=1S/C23H16ClF3IN5O2/c24-16-5-13(1-2-17(16)25)18-19(31-11-22(12-31)9-23(26,27)10-22)32(4-3-29)21(35)33(20(18)34)15-6-14(28)7-30-8-15/h1-2,5-8H,4,9-12H2. The number of aromatic nitrogens is 3. The molecule has 1 aliphatic heterocycles. The summed E-state index contributed by atoms with van der Waals surface area (Å²) in [6.45, 7) is 0.000642. The van der Waals surface area contributed by atoms with Crippen LogP contribution in [0.3, 0.4) is 0 Å². The normalized spacial score (nSPS) is 17.5. The van der Waals surface area contributed by atoms with E-state index in [-0.39, 0.29) is 53.6 Å². The minimum Gasteiger partial charge on any atom is -0.356 e. The van der Waals surface area contributed by atoms with E-state index in [4.69, 9.17) is 11.6 Å². The number of halogens is 5. The van der Waals surface area contributed by atoms with E-state index in [0.29, 0.717) is 3.57 Å². The average Bonchev–Trinajstić information content (AvgIpc) is 2.74. The Labute approximate surface area is 215 Å². The van der Waals surface area contributed by atoms with Gasteiger partial charge in [0.1, 0.15) is 18.2 Å². The first-order valence-electron chi connectivity index (χ1n) is 10.5. The Hall–Kier alpha value is -2.85. The van der Waals surface area contributed by atoms with Crippen molar-refractivity contribution in [3.63, 3.8) is 0 Å². The van der Waals surface area contributed by atoms with Gasteiger partial charge in [0, 0.05) is 41.1 Å². The third-order valence-electron chi connectivity index (χ3n) is 6.32. The zero-order valence-electron chi connectivity index (χ0n) is 17.9. The molecule has 0 bridgehead atoms. The molecule has 2 aromatic heterocycles. The van der Waals surface area contributed by atoms with Crippen LogP contribution in [0.4, 0.5) is 19.0 Å². The summed E-state index contributed by atoms with van der Waals surface area (Å²) in [6.07, 6.45) is 2.34. The molecule has 1 aliphatic carbocycles. The number of nitrogens with zero attached hydrogens (tertiary/aromatic N) is 5. The van der Waals surface area contributed by atoms with Crippen molar-refractivity contribution in [2.24, 2.45) is 5.41 Å². The monoisotopic (exact) mass is 613 g/mol. The molecule has 0 N–H and O–H groups in total. The summed E-state index contributed by atoms with van der Waals surface area (Å²) < 4.78 is 43.8. The number of hydrogen-bond donors (Lipinski definition) is 0. The van der Waals surface area contributed by atoms with Crippen molar-refractivity contribution in [2.75, 3.05) is 18.0 Å². The topological polar surface area (TPSA) is 83.9 Å². The fourth-order valence-electron chi connectivity index (χ4n) is 5.02. The fraction of sp³-hybridized carbons (Fsp3) is 0.304. The second-order valence-corrected chi connectivity index (χ2v) is 10.6. The third kappa shape index (κ3) is 4.02. The zero-order valence-corrected chi connectivity index (χ0v) is 20.9. The number of hydrogen-bond acceptors (Lipinski definition) is 5. The number of benzene rings is 1. The van der Waals surface area contributed by atoms with Crippen molar-refractivity contribution in [1.29, 1.82) is 5.26 Å². The lowest BCUT2D eigenvalue weighted by Crippen LogP contribution is -2.67. The predicted octanol–water partition coefficient (Wildman–Crippen LogP) is 4.22. The molecule has 3 heterocycles. The third-order valence-corrected chi connectivity index (χ3v) is 7.20. The Bertz CT molecular complexity index is 1520. The van der Waals surface area contributed by atoms with Crippen molar-refractivity contribution in [3.8, 4) is 22.9 Å². The van der Waals surface area contributed by atoms with Gasteiger partial charge >= 0.3 is 5.69 Å². The highest BCUT2D eigenvalue weighted by atomic mass is 127. The molecule has 0 unspecified atom stereocenters. The minimum absolute atomic E-state index is 0.0153. The molecule has 1 aromatic carbocycles. The van der Waals surface area contributed by atoms with Crippen LogP contribution in [0.5, 0.6) is 0 Å². The molecular formula is C23H16ClF3IN5O2. The molecule has 2 fully saturated rings. The Morgan fingerprint density at radius 1 is 1.17 bits per heavy atom. The zero-order chi connectivity index (χ0) is 25.1. The van der Waals surface area contributed by atoms with Gasteiger partial charge in [0.25, 0.3) is 5.56 Å². The molecule has 1 spiro atoms. The van der Waals surface area contributed by atoms with E-state index < -0.39 is 34.9 Å². The smallest absolute Gasteiger partial charge is 0.338 e. The quantitative estimate of drug-likeness (QED) is 0.412. The van der Waals surface area contributed by atoms with Crippen LogP contribution >= 0.6 is 34.2 Å². The average molecular weight is 614 g/mol. The minimum atomic E-state index is -2.73. The lowest BCUT2D eigenvalue weighted by molar-refractivity contribution is -0.170. The Morgan fingerprint density at radius 2 is 1.89 bits per heavy atom. The molecule has 12 heteroatoms. The molecule has 3 aromatic rings. The first-order chi connectivity index (χ1) is 16.5. The van der Waals surface area contributed by atoms with Crippen LogP contribution < -0.4 is 16.1 Å². The first kappa shape index (κ1) is 23.9. The van der Waals surface area contributed by atoms with Gasteiger partial charge in [-0.2, -0.15) is 5.26 Å². The highest BCUT2D eigenvalue weighted by molar-refractivity contribution is 14.1. The van der Waals surface area contributed by atoms with E-state index in [1.807, 2.05) is 28.7 Å². The first-order valence-corrected chi connectivity index (χ1v) is 12.0. The largest absolute Gasteiger partial charge is 0.356 e. The SMILES string of the molecule is N#CCn1c(N2CC3(C2)CC(F)(F)C3)c(-c2ccc(F)c(Cl)c2)c(=O)n(-c2cncc(I)c2)c1=O. The molecule has 1 saturated heterocycles. The van der Waals surface area contributed by atoms with Gasteiger partial charge in [0.2, 0.25) is 5.92 Å². The van der Waals surface area contributed by atoms with Crippen LogP contribution in [-0.2, 0) is 6.54 Å². The van der Waals surface area contributed by atoms with Crippen molar-refractivity contribution < 1.29 is 13.2 Å². The van der Waals surface area contributed by atoms with Gasteiger partial charge < -0.3 is 4.90 Å². The summed E-state index contributed by atoms with van der Waals surface area (Å²) >= 11 is 7.99. The summed E-state index contributed by atoms with van der Waals surface area (Å²) in [5.74, 6) is -3.30. The number of anilines is 1. The number of nitriles is 1. The maximum absolute atomic E-state index is 13.9. The van der Waals surface area contributed by atoms with E-state index in [0.717, 1.165) is 15.2 Å². The number of pyridine rings is 1. The van der Waals surface area contributed by atoms with Crippen molar-refractivity contribution in [3.05, 3.63) is 71.9 Å². The summed E-state index contributed by atoms with van der Waals surface area (Å²) in [5.41, 5.74) is -1.66. The van der Waals surface area contributed by atoms with Crippen molar-refractivity contribution in [1.82, 2.24) is 14.1 Å². The van der Waals surface area contributed by atoms with E-state index >= 15 is 0 Å². The van der Waals surface area contributed by atoms with Crippen LogP contribution in [0.2, 0.25) is 5.02 Å². The Morgan fingerprint density at radius 3 is 2.49 bits per heavy atom. The maximum Gasteiger partial charge on any atom is 0.338 e. The molecule has 2 aliphatic rings. The van der Waals surface area contributed by atoms with Crippen LogP contribution in [0.15, 0.2) is 46.2 Å². The molecule has 7 nitrogen and oxygen atoms in total. The van der Waals surface area contributed by atoms with Crippen LogP contribution in [0.25, 0.3) is 16.8 Å². The number of rotatable bonds is 4. The summed E-state index contributed by atoms with van der Waals surface area (Å²) in [5, 5.41) is 9.26. The van der Waals surface area contributed by atoms with Crippen LogP contribution in [-0.4, -0.2) is 33.1 Å². The maximum atomic E-state index is 13.9. The van der Waals surface area contributed by atoms with Crippen LogP contribution in [0.1, 0.15) is 12.8 Å². The van der Waals surface area contributed by atoms with Gasteiger partial charge in [-0.05, 0) is 46.4 Å². The second-order valence-electron chi connectivity index (χ2n) is 8.92. The lowest BCUT2D eigenvalue weighted by Gasteiger charge is -2.59. The second kappa shape index (κ2) is 8.37. The van der Waals surface area contributed by atoms with Crippen molar-refractivity contribution in [2.45, 2.75) is 25.3 Å². The molecule has 5 rings (SSSR count). The lowest BCUT2D eigenvalue weighted by atomic mass is 9.61. The van der Waals surface area contributed by atoms with Gasteiger partial charge in [-0.15, -0.1) is 0 Å². The molecule has 0 radical (unpaired) electrons. The molecule has 180 valence electrons. The molecular weight excluding hydrogens is 598 g/mol. The fourth-order valence-corrected chi connectivity index (χ4v) is 5.68. The highest BCUT2D eigenvalue weighted by Gasteiger charge is 2.62. The number of alkyl halides is 2. The van der Waals surface area contributed by atoms with E-state index in [9.17, 15) is 28.0 Å². The van der Waals surface area contributed by atoms with Gasteiger partial charge in [-0.3, -0.25) is 14.3 Å².